The van der Waals surface area contributed by atoms with Gasteiger partial charge in [0.2, 0.25) is 0 Å². The van der Waals surface area contributed by atoms with Crippen LogP contribution in [0, 0.1) is 6.92 Å². The molecule has 176 valence electrons. The van der Waals surface area contributed by atoms with Gasteiger partial charge >= 0.3 is 0 Å². The monoisotopic (exact) mass is 492 g/mol. The zero-order valence-electron chi connectivity index (χ0n) is 18.5. The molecule has 0 N–H and O–H groups in total. The molecule has 0 saturated carbocycles. The van der Waals surface area contributed by atoms with E-state index in [1.54, 1.807) is 11.5 Å². The standard InChI is InChI=1S/C21H25ClN6O4S/c1-13-5-4-6-17(25-13)21-27-26-18(28(21)11-16-7-8-32-16)12-33(29,30)14(2)19(31-3)20-23-9-15(22)10-24-20/h4-6,9-10,14,16,19H,7-8,11-12H2,1-3H3/t14-,16+,19-/m0/s1. The number of methoxy groups -OCH3 is 1. The van der Waals surface area contributed by atoms with E-state index in [1.165, 1.54) is 19.5 Å². The predicted octanol–water partition coefficient (Wildman–Crippen LogP) is 2.57. The number of hydrogen-bond donors (Lipinski definition) is 0. The third-order valence-electron chi connectivity index (χ3n) is 5.60. The molecule has 0 amide bonds. The van der Waals surface area contributed by atoms with Crippen LogP contribution in [0.1, 0.15) is 36.8 Å². The molecule has 4 rings (SSSR count). The van der Waals surface area contributed by atoms with Crippen LogP contribution in [0.3, 0.4) is 0 Å². The summed E-state index contributed by atoms with van der Waals surface area (Å²) in [5.74, 6) is 0.749. The van der Waals surface area contributed by atoms with Gasteiger partial charge in [-0.3, -0.25) is 0 Å². The van der Waals surface area contributed by atoms with Crippen LogP contribution < -0.4 is 0 Å². The third-order valence-corrected chi connectivity index (χ3v) is 7.83. The second-order valence-electron chi connectivity index (χ2n) is 7.92. The molecule has 3 aromatic heterocycles. The second-order valence-corrected chi connectivity index (χ2v) is 10.7. The summed E-state index contributed by atoms with van der Waals surface area (Å²) in [5.41, 5.74) is 1.46. The van der Waals surface area contributed by atoms with Crippen molar-refractivity contribution in [2.45, 2.75) is 50.0 Å². The lowest BCUT2D eigenvalue weighted by atomic mass is 10.2. The van der Waals surface area contributed by atoms with E-state index in [-0.39, 0.29) is 17.7 Å². The first-order valence-electron chi connectivity index (χ1n) is 10.5. The van der Waals surface area contributed by atoms with E-state index >= 15 is 0 Å². The summed E-state index contributed by atoms with van der Waals surface area (Å²) in [5, 5.41) is 7.91. The van der Waals surface area contributed by atoms with Gasteiger partial charge in [-0.25, -0.2) is 23.4 Å². The van der Waals surface area contributed by atoms with E-state index in [0.717, 1.165) is 12.1 Å². The molecule has 0 unspecified atom stereocenters. The first-order valence-corrected chi connectivity index (χ1v) is 12.6. The van der Waals surface area contributed by atoms with Gasteiger partial charge in [0.05, 0.1) is 22.9 Å². The van der Waals surface area contributed by atoms with Crippen LogP contribution in [0.25, 0.3) is 11.5 Å². The SMILES string of the molecule is CO[C@H](c1ncc(Cl)cn1)[C@H](C)S(=O)(=O)Cc1nnc(-c2cccc(C)n2)n1C[C@H]1CCO1. The first kappa shape index (κ1) is 23.7. The molecule has 0 bridgehead atoms. The van der Waals surface area contributed by atoms with Crippen molar-refractivity contribution in [2.75, 3.05) is 13.7 Å². The zero-order chi connectivity index (χ0) is 23.6. The Morgan fingerprint density at radius 3 is 2.61 bits per heavy atom. The second kappa shape index (κ2) is 9.80. The van der Waals surface area contributed by atoms with Crippen molar-refractivity contribution in [3.63, 3.8) is 0 Å². The van der Waals surface area contributed by atoms with Gasteiger partial charge in [0, 0.05) is 31.8 Å². The molecule has 1 aliphatic heterocycles. The van der Waals surface area contributed by atoms with Gasteiger partial charge in [-0.15, -0.1) is 10.2 Å². The average molecular weight is 493 g/mol. The van der Waals surface area contributed by atoms with Crippen LogP contribution in [0.4, 0.5) is 0 Å². The van der Waals surface area contributed by atoms with Crippen molar-refractivity contribution < 1.29 is 17.9 Å². The highest BCUT2D eigenvalue weighted by Crippen LogP contribution is 2.27. The molecule has 10 nitrogen and oxygen atoms in total. The average Bonchev–Trinajstić information content (AvgIpc) is 3.14. The number of halogens is 1. The van der Waals surface area contributed by atoms with Gasteiger partial charge in [0.25, 0.3) is 0 Å². The summed E-state index contributed by atoms with van der Waals surface area (Å²) in [6.45, 7) is 4.59. The quantitative estimate of drug-likeness (QED) is 0.443. The molecule has 0 aromatic carbocycles. The lowest BCUT2D eigenvalue weighted by molar-refractivity contribution is -0.0593. The van der Waals surface area contributed by atoms with Crippen molar-refractivity contribution in [3.8, 4) is 11.5 Å². The summed E-state index contributed by atoms with van der Waals surface area (Å²) >= 11 is 5.86. The van der Waals surface area contributed by atoms with Crippen LogP contribution in [0.15, 0.2) is 30.6 Å². The van der Waals surface area contributed by atoms with Gasteiger partial charge in [-0.2, -0.15) is 0 Å². The Hall–Kier alpha value is -2.47. The maximum atomic E-state index is 13.4. The van der Waals surface area contributed by atoms with E-state index in [9.17, 15) is 8.42 Å². The maximum absolute atomic E-state index is 13.4. The number of hydrogen-bond acceptors (Lipinski definition) is 9. The number of nitrogens with zero attached hydrogens (tertiary/aromatic N) is 6. The molecule has 0 aliphatic carbocycles. The van der Waals surface area contributed by atoms with Crippen molar-refractivity contribution in [1.29, 1.82) is 0 Å². The Kier molecular flexibility index (Phi) is 7.03. The smallest absolute Gasteiger partial charge is 0.182 e. The van der Waals surface area contributed by atoms with E-state index in [2.05, 4.69) is 25.1 Å². The summed E-state index contributed by atoms with van der Waals surface area (Å²) in [7, 11) is -2.31. The minimum absolute atomic E-state index is 0.0161. The molecular formula is C21H25ClN6O4S. The number of aryl methyl sites for hydroxylation is 1. The van der Waals surface area contributed by atoms with Gasteiger partial charge in [-0.05, 0) is 32.4 Å². The van der Waals surface area contributed by atoms with Crippen molar-refractivity contribution in [2.24, 2.45) is 0 Å². The van der Waals surface area contributed by atoms with Gasteiger partial charge in [-0.1, -0.05) is 17.7 Å². The van der Waals surface area contributed by atoms with Gasteiger partial charge in [0.1, 0.15) is 23.4 Å². The van der Waals surface area contributed by atoms with Crippen molar-refractivity contribution in [1.82, 2.24) is 29.7 Å². The molecule has 12 heteroatoms. The molecule has 0 spiro atoms. The first-order chi connectivity index (χ1) is 15.8. The minimum atomic E-state index is -3.73. The Labute approximate surface area is 197 Å². The molecule has 33 heavy (non-hydrogen) atoms. The lowest BCUT2D eigenvalue weighted by Crippen LogP contribution is -2.33. The number of pyridine rings is 1. The molecule has 4 heterocycles. The van der Waals surface area contributed by atoms with Gasteiger partial charge in [0.15, 0.2) is 21.5 Å². The van der Waals surface area contributed by atoms with E-state index in [0.29, 0.717) is 35.5 Å². The highest BCUT2D eigenvalue weighted by atomic mass is 35.5. The predicted molar refractivity (Wildman–Crippen MR) is 121 cm³/mol. The zero-order valence-corrected chi connectivity index (χ0v) is 20.1. The molecule has 0 radical (unpaired) electrons. The van der Waals surface area contributed by atoms with E-state index in [4.69, 9.17) is 21.1 Å². The fourth-order valence-electron chi connectivity index (χ4n) is 3.60. The molecule has 1 saturated heterocycles. The summed E-state index contributed by atoms with van der Waals surface area (Å²) in [6, 6.07) is 5.59. The Morgan fingerprint density at radius 1 is 1.27 bits per heavy atom. The summed E-state index contributed by atoms with van der Waals surface area (Å²) in [4.78, 5) is 12.8. The third kappa shape index (κ3) is 5.21. The Morgan fingerprint density at radius 2 is 2.00 bits per heavy atom. The number of ether oxygens (including phenoxy) is 2. The largest absolute Gasteiger partial charge is 0.376 e. The topological polar surface area (TPSA) is 122 Å². The fraction of sp³-hybridized carbons (Fsp3) is 0.476. The molecule has 3 atom stereocenters. The van der Waals surface area contributed by atoms with Crippen LogP contribution in [0.5, 0.6) is 0 Å². The highest BCUT2D eigenvalue weighted by molar-refractivity contribution is 7.91. The van der Waals surface area contributed by atoms with Crippen molar-refractivity contribution in [3.05, 3.63) is 53.0 Å². The Bertz CT molecular complexity index is 1210. The molecule has 3 aromatic rings. The number of sulfone groups is 1. The van der Waals surface area contributed by atoms with Crippen LogP contribution in [-0.4, -0.2) is 63.2 Å². The van der Waals surface area contributed by atoms with Crippen LogP contribution in [0.2, 0.25) is 5.02 Å². The van der Waals surface area contributed by atoms with Crippen molar-refractivity contribution >= 4 is 21.4 Å². The van der Waals surface area contributed by atoms with Crippen LogP contribution >= 0.6 is 11.6 Å². The molecular weight excluding hydrogens is 468 g/mol. The highest BCUT2D eigenvalue weighted by Gasteiger charge is 2.35. The minimum Gasteiger partial charge on any atom is -0.376 e. The number of aromatic nitrogens is 6. The molecule has 1 fully saturated rings. The fourth-order valence-corrected chi connectivity index (χ4v) is 5.14. The normalized spacial score (nSPS) is 18.0. The molecule has 1 aliphatic rings. The lowest BCUT2D eigenvalue weighted by Gasteiger charge is -2.28. The van der Waals surface area contributed by atoms with E-state index < -0.39 is 21.2 Å². The van der Waals surface area contributed by atoms with E-state index in [1.807, 2.05) is 25.1 Å². The van der Waals surface area contributed by atoms with Gasteiger partial charge < -0.3 is 14.0 Å². The summed E-state index contributed by atoms with van der Waals surface area (Å²) in [6.07, 6.45) is 2.83. The maximum Gasteiger partial charge on any atom is 0.182 e. The number of rotatable bonds is 9. The van der Waals surface area contributed by atoms with Crippen LogP contribution in [-0.2, 0) is 31.6 Å². The Balaban J connectivity index is 1.64. The summed E-state index contributed by atoms with van der Waals surface area (Å²) < 4.78 is 39.6.